The molecule has 2 amide bonds. The summed E-state index contributed by atoms with van der Waals surface area (Å²) in [5, 5.41) is 6.00. The maximum atomic E-state index is 11.6. The van der Waals surface area contributed by atoms with Gasteiger partial charge >= 0.3 is 6.03 Å². The molecule has 4 nitrogen and oxygen atoms in total. The van der Waals surface area contributed by atoms with Crippen LogP contribution in [0.5, 0.6) is 0 Å². The van der Waals surface area contributed by atoms with Crippen LogP contribution in [0.4, 0.5) is 10.5 Å². The number of halogens is 4. The van der Waals surface area contributed by atoms with Crippen LogP contribution in [-0.2, 0) is 0 Å². The van der Waals surface area contributed by atoms with E-state index in [1.807, 2.05) is 0 Å². The number of nitrogens with zero attached hydrogens (tertiary/aromatic N) is 1. The van der Waals surface area contributed by atoms with Crippen LogP contribution in [0.1, 0.15) is 0 Å². The summed E-state index contributed by atoms with van der Waals surface area (Å²) in [5.74, 6) is 0. The van der Waals surface area contributed by atoms with Crippen molar-refractivity contribution >= 4 is 58.1 Å². The van der Waals surface area contributed by atoms with Gasteiger partial charge in [-0.1, -0.05) is 52.5 Å². The molecule has 1 aromatic carbocycles. The maximum Gasteiger partial charge on any atom is 0.318 e. The highest BCUT2D eigenvalue weighted by atomic mass is 35.6. The average Bonchev–Trinajstić information content (AvgIpc) is 2.26. The summed E-state index contributed by atoms with van der Waals surface area (Å²) in [6.45, 7) is 0. The molecule has 0 bridgehead atoms. The third kappa shape index (κ3) is 5.53. The van der Waals surface area contributed by atoms with Gasteiger partial charge in [0.05, 0.1) is 0 Å². The van der Waals surface area contributed by atoms with Crippen molar-refractivity contribution in [1.82, 2.24) is 10.2 Å². The summed E-state index contributed by atoms with van der Waals surface area (Å²) in [6, 6.07) is 6.48. The van der Waals surface area contributed by atoms with Gasteiger partial charge in [-0.15, -0.1) is 0 Å². The number of alkyl halides is 3. The fraction of sp³-hybridized carbons (Fsp3) is 0.364. The number of benzene rings is 1. The number of nitrogens with one attached hydrogen (secondary N) is 2. The van der Waals surface area contributed by atoms with Crippen molar-refractivity contribution in [3.8, 4) is 0 Å². The Morgan fingerprint density at radius 3 is 2.42 bits per heavy atom. The number of carbonyl (C=O) groups excluding carboxylic acids is 1. The molecule has 0 saturated heterocycles. The van der Waals surface area contributed by atoms with Gasteiger partial charge in [-0.2, -0.15) is 0 Å². The molecule has 0 unspecified atom stereocenters. The summed E-state index contributed by atoms with van der Waals surface area (Å²) in [5.41, 5.74) is 0.628. The Kier molecular flexibility index (Phi) is 5.86. The quantitative estimate of drug-likeness (QED) is 0.648. The van der Waals surface area contributed by atoms with E-state index in [9.17, 15) is 4.79 Å². The molecule has 106 valence electrons. The minimum absolute atomic E-state index is 0.383. The number of rotatable bonds is 3. The van der Waals surface area contributed by atoms with E-state index < -0.39 is 9.96 Å². The van der Waals surface area contributed by atoms with Crippen molar-refractivity contribution in [2.45, 2.75) is 9.96 Å². The second kappa shape index (κ2) is 6.75. The van der Waals surface area contributed by atoms with Crippen LogP contribution in [0.25, 0.3) is 0 Å². The third-order valence-electron chi connectivity index (χ3n) is 2.14. The predicted octanol–water partition coefficient (Wildman–Crippen LogP) is 3.72. The molecule has 0 aliphatic rings. The highest BCUT2D eigenvalue weighted by Crippen LogP contribution is 2.31. The number of anilines is 1. The Morgan fingerprint density at radius 2 is 1.95 bits per heavy atom. The van der Waals surface area contributed by atoms with Gasteiger partial charge in [0.25, 0.3) is 0 Å². The molecule has 1 rings (SSSR count). The SMILES string of the molecule is CN(C)C(=O)N[C@H](Nc1cccc(Cl)c1)C(Cl)(Cl)Cl. The Balaban J connectivity index is 2.84. The smallest absolute Gasteiger partial charge is 0.318 e. The predicted molar refractivity (Wildman–Crippen MR) is 81.4 cm³/mol. The molecule has 1 atom stereocenters. The zero-order valence-corrected chi connectivity index (χ0v) is 13.3. The highest BCUT2D eigenvalue weighted by molar-refractivity contribution is 6.68. The number of amides is 2. The van der Waals surface area contributed by atoms with E-state index in [1.54, 1.807) is 38.4 Å². The summed E-state index contributed by atoms with van der Waals surface area (Å²) in [6.07, 6.45) is -0.897. The maximum absolute atomic E-state index is 11.6. The van der Waals surface area contributed by atoms with Crippen LogP contribution < -0.4 is 10.6 Å². The van der Waals surface area contributed by atoms with Gasteiger partial charge in [0.15, 0.2) is 0 Å². The van der Waals surface area contributed by atoms with Crippen LogP contribution in [-0.4, -0.2) is 35.0 Å². The number of hydrogen-bond acceptors (Lipinski definition) is 2. The second-order valence-electron chi connectivity index (χ2n) is 3.97. The van der Waals surface area contributed by atoms with E-state index in [4.69, 9.17) is 46.4 Å². The van der Waals surface area contributed by atoms with Gasteiger partial charge in [0, 0.05) is 24.8 Å². The van der Waals surface area contributed by atoms with Crippen molar-refractivity contribution in [3.05, 3.63) is 29.3 Å². The first-order valence-electron chi connectivity index (χ1n) is 5.27. The molecule has 19 heavy (non-hydrogen) atoms. The molecular formula is C11H13Cl4N3O. The standard InChI is InChI=1S/C11H13Cl4N3O/c1-18(2)10(19)17-9(11(13,14)15)16-8-5-3-4-7(12)6-8/h3-6,9,16H,1-2H3,(H,17,19)/t9-/m0/s1. The van der Waals surface area contributed by atoms with Crippen molar-refractivity contribution in [2.75, 3.05) is 19.4 Å². The van der Waals surface area contributed by atoms with Crippen LogP contribution in [0, 0.1) is 0 Å². The van der Waals surface area contributed by atoms with E-state index in [1.165, 1.54) is 4.90 Å². The first-order chi connectivity index (χ1) is 8.70. The molecule has 0 aromatic heterocycles. The van der Waals surface area contributed by atoms with Crippen LogP contribution in [0.3, 0.4) is 0 Å². The first-order valence-corrected chi connectivity index (χ1v) is 6.78. The summed E-state index contributed by atoms with van der Waals surface area (Å²) in [7, 11) is 3.17. The lowest BCUT2D eigenvalue weighted by atomic mass is 10.3. The molecule has 0 aliphatic carbocycles. The molecule has 2 N–H and O–H groups in total. The van der Waals surface area contributed by atoms with Crippen molar-refractivity contribution < 1.29 is 4.79 Å². The van der Waals surface area contributed by atoms with Gasteiger partial charge in [0.2, 0.25) is 3.79 Å². The Morgan fingerprint density at radius 1 is 1.32 bits per heavy atom. The van der Waals surface area contributed by atoms with E-state index in [0.717, 1.165) is 0 Å². The number of hydrogen-bond donors (Lipinski definition) is 2. The second-order valence-corrected chi connectivity index (χ2v) is 6.78. The summed E-state index contributed by atoms with van der Waals surface area (Å²) < 4.78 is -1.71. The minimum atomic E-state index is -1.71. The molecule has 0 heterocycles. The monoisotopic (exact) mass is 343 g/mol. The van der Waals surface area contributed by atoms with Gasteiger partial charge in [-0.3, -0.25) is 0 Å². The summed E-state index contributed by atoms with van der Waals surface area (Å²) >= 11 is 23.4. The highest BCUT2D eigenvalue weighted by Gasteiger charge is 2.34. The van der Waals surface area contributed by atoms with Crippen LogP contribution in [0.2, 0.25) is 5.02 Å². The van der Waals surface area contributed by atoms with E-state index in [2.05, 4.69) is 10.6 Å². The molecule has 0 aliphatic heterocycles. The first kappa shape index (κ1) is 16.5. The van der Waals surface area contributed by atoms with Crippen LogP contribution in [0.15, 0.2) is 24.3 Å². The fourth-order valence-electron chi connectivity index (χ4n) is 1.20. The zero-order chi connectivity index (χ0) is 14.6. The van der Waals surface area contributed by atoms with Gasteiger partial charge in [0.1, 0.15) is 6.17 Å². The van der Waals surface area contributed by atoms with Crippen molar-refractivity contribution in [1.29, 1.82) is 0 Å². The topological polar surface area (TPSA) is 44.4 Å². The zero-order valence-electron chi connectivity index (χ0n) is 10.3. The lowest BCUT2D eigenvalue weighted by molar-refractivity contribution is 0.214. The largest absolute Gasteiger partial charge is 0.362 e. The van der Waals surface area contributed by atoms with E-state index in [-0.39, 0.29) is 6.03 Å². The molecular weight excluding hydrogens is 332 g/mol. The number of carbonyl (C=O) groups is 1. The Labute approximate surface area is 131 Å². The lowest BCUT2D eigenvalue weighted by Gasteiger charge is -2.28. The molecule has 1 aromatic rings. The van der Waals surface area contributed by atoms with Crippen molar-refractivity contribution in [3.63, 3.8) is 0 Å². The Bertz CT molecular complexity index is 448. The normalized spacial score (nSPS) is 12.7. The molecule has 0 saturated carbocycles. The molecule has 0 fully saturated rings. The van der Waals surface area contributed by atoms with Crippen LogP contribution >= 0.6 is 46.4 Å². The number of urea groups is 1. The Hall–Kier alpha value is -0.550. The van der Waals surface area contributed by atoms with E-state index in [0.29, 0.717) is 10.7 Å². The molecule has 0 spiro atoms. The van der Waals surface area contributed by atoms with Gasteiger partial charge in [-0.05, 0) is 18.2 Å². The average molecular weight is 345 g/mol. The molecule has 0 radical (unpaired) electrons. The lowest BCUT2D eigenvalue weighted by Crippen LogP contribution is -2.52. The summed E-state index contributed by atoms with van der Waals surface area (Å²) in [4.78, 5) is 13.0. The minimum Gasteiger partial charge on any atom is -0.362 e. The fourth-order valence-corrected chi connectivity index (χ4v) is 1.71. The van der Waals surface area contributed by atoms with Gasteiger partial charge < -0.3 is 15.5 Å². The van der Waals surface area contributed by atoms with E-state index >= 15 is 0 Å². The van der Waals surface area contributed by atoms with Crippen molar-refractivity contribution in [2.24, 2.45) is 0 Å². The molecule has 8 heteroatoms. The van der Waals surface area contributed by atoms with Gasteiger partial charge in [-0.25, -0.2) is 4.79 Å². The third-order valence-corrected chi connectivity index (χ3v) is 3.03.